The highest BCUT2D eigenvalue weighted by atomic mass is 19.2. The largest absolute Gasteiger partial charge is 0.454 e. The number of amides is 1. The summed E-state index contributed by atoms with van der Waals surface area (Å²) in [6, 6.07) is 2.23. The van der Waals surface area contributed by atoms with Crippen molar-refractivity contribution in [2.75, 3.05) is 27.4 Å². The molecule has 0 unspecified atom stereocenters. The van der Waals surface area contributed by atoms with Crippen molar-refractivity contribution in [1.29, 1.82) is 0 Å². The van der Waals surface area contributed by atoms with Crippen LogP contribution in [0.2, 0.25) is 0 Å². The zero-order valence-electron chi connectivity index (χ0n) is 24.5. The van der Waals surface area contributed by atoms with Gasteiger partial charge in [0, 0.05) is 75.5 Å². The van der Waals surface area contributed by atoms with E-state index in [2.05, 4.69) is 10.1 Å². The number of halogens is 6. The van der Waals surface area contributed by atoms with Gasteiger partial charge in [-0.3, -0.25) is 9.59 Å². The first-order valence-electron chi connectivity index (χ1n) is 13.1. The maximum atomic E-state index is 13.2. The van der Waals surface area contributed by atoms with Crippen molar-refractivity contribution in [2.24, 2.45) is 5.73 Å². The van der Waals surface area contributed by atoms with Crippen LogP contribution >= 0.6 is 0 Å². The Morgan fingerprint density at radius 2 is 1.34 bits per heavy atom. The van der Waals surface area contributed by atoms with Crippen molar-refractivity contribution in [3.05, 3.63) is 82.1 Å². The van der Waals surface area contributed by atoms with Crippen LogP contribution in [0.5, 0.6) is 0 Å². The zero-order chi connectivity index (χ0) is 33.4. The maximum absolute atomic E-state index is 13.2. The Labute approximate surface area is 250 Å². The molecular weight excluding hydrogens is 602 g/mol. The summed E-state index contributed by atoms with van der Waals surface area (Å²) in [5.41, 5.74) is 4.25. The highest BCUT2D eigenvalue weighted by Gasteiger charge is 2.36. The molecule has 0 fully saturated rings. The Balaban J connectivity index is 0.000000343. The fourth-order valence-corrected chi connectivity index (χ4v) is 3.53. The molecule has 0 bridgehead atoms. The third-order valence-corrected chi connectivity index (χ3v) is 5.79. The molecule has 0 saturated carbocycles. The molecule has 15 heteroatoms. The number of Topliss-reactive ketones (excluding diaryl/α,β-unsaturated/α-hetero) is 1. The van der Waals surface area contributed by atoms with E-state index in [0.717, 1.165) is 0 Å². The van der Waals surface area contributed by atoms with Crippen LogP contribution in [0.1, 0.15) is 44.2 Å². The van der Waals surface area contributed by atoms with Gasteiger partial charge in [-0.05, 0) is 0 Å². The maximum Gasteiger partial charge on any atom is 0.337 e. The van der Waals surface area contributed by atoms with Crippen LogP contribution in [-0.4, -0.2) is 50.9 Å². The van der Waals surface area contributed by atoms with E-state index in [1.807, 2.05) is 13.8 Å². The van der Waals surface area contributed by atoms with Gasteiger partial charge in [-0.15, -0.1) is 0 Å². The molecule has 2 aromatic rings. The molecule has 244 valence electrons. The number of ether oxygens (including phenoxy) is 4. The number of carbonyl (C=O) groups excluding carboxylic acids is 3. The van der Waals surface area contributed by atoms with E-state index >= 15 is 0 Å². The van der Waals surface area contributed by atoms with Gasteiger partial charge in [-0.2, -0.15) is 0 Å². The number of cyclic esters (lactones) is 1. The molecule has 44 heavy (non-hydrogen) atoms. The van der Waals surface area contributed by atoms with Gasteiger partial charge in [-0.1, -0.05) is 13.8 Å². The van der Waals surface area contributed by atoms with Crippen molar-refractivity contribution in [2.45, 2.75) is 52.0 Å². The zero-order valence-corrected chi connectivity index (χ0v) is 24.5. The lowest BCUT2D eigenvalue weighted by Crippen LogP contribution is -2.40. The lowest BCUT2D eigenvalue weighted by atomic mass is 10.1. The molecule has 3 N–H and O–H groups in total. The number of hydrogen-bond acceptors (Lipinski definition) is 8. The number of nitrogens with two attached hydrogens (primary N) is 1. The van der Waals surface area contributed by atoms with Gasteiger partial charge < -0.3 is 30.0 Å². The number of rotatable bonds is 11. The number of nitrogens with one attached hydrogen (secondary N) is 1. The molecule has 2 aromatic carbocycles. The summed E-state index contributed by atoms with van der Waals surface area (Å²) in [5.74, 6) is -7.81. The Morgan fingerprint density at radius 3 is 1.77 bits per heavy atom. The highest BCUT2D eigenvalue weighted by Crippen LogP contribution is 2.29. The van der Waals surface area contributed by atoms with E-state index in [0.29, 0.717) is 49.5 Å². The van der Waals surface area contributed by atoms with Gasteiger partial charge in [-0.25, -0.2) is 31.1 Å². The first kappa shape index (κ1) is 38.1. The number of methoxy groups -OCH3 is 2. The second-order valence-electron chi connectivity index (χ2n) is 9.01. The molecule has 0 atom stereocenters. The molecule has 0 saturated heterocycles. The summed E-state index contributed by atoms with van der Waals surface area (Å²) >= 11 is 0. The fourth-order valence-electron chi connectivity index (χ4n) is 3.53. The minimum Gasteiger partial charge on any atom is -0.454 e. The van der Waals surface area contributed by atoms with Crippen LogP contribution in [0.25, 0.3) is 0 Å². The summed E-state index contributed by atoms with van der Waals surface area (Å²) < 4.78 is 96.6. The van der Waals surface area contributed by atoms with Gasteiger partial charge in [0.2, 0.25) is 5.91 Å². The number of benzene rings is 2. The normalized spacial score (nSPS) is 13.2. The number of hydrogen-bond donors (Lipinski definition) is 2. The first-order valence-corrected chi connectivity index (χ1v) is 13.1. The summed E-state index contributed by atoms with van der Waals surface area (Å²) in [6.45, 7) is 3.21. The molecule has 9 nitrogen and oxygen atoms in total. The molecule has 1 aliphatic heterocycles. The first-order chi connectivity index (χ1) is 20.7. The van der Waals surface area contributed by atoms with Crippen molar-refractivity contribution in [1.82, 2.24) is 5.32 Å². The van der Waals surface area contributed by atoms with E-state index in [1.54, 1.807) is 7.11 Å². The van der Waals surface area contributed by atoms with Crippen LogP contribution in [-0.2, 0) is 46.4 Å². The standard InChI is InChI=1S/C12H12F3NO3.C10H16O4.C7H6F3N/c1-19-6-8(17)4-12(18)16-5-9-10(14)2-7(13)3-11(9)15;1-4-10(5-2)13-8(7-12-3)6-9(11)14-10;8-4-1-6(9)5(3-11)7(10)2-4/h2-3H,4-6H2,1H3,(H,16,18);6H,4-5,7H2,1-3H3;1-2H,3,11H2. The lowest BCUT2D eigenvalue weighted by Gasteiger charge is -2.35. The fraction of sp³-hybridized carbons (Fsp3) is 0.414. The van der Waals surface area contributed by atoms with Crippen LogP contribution in [0.3, 0.4) is 0 Å². The second kappa shape index (κ2) is 18.7. The van der Waals surface area contributed by atoms with E-state index in [9.17, 15) is 40.7 Å². The van der Waals surface area contributed by atoms with Crippen molar-refractivity contribution in [3.63, 3.8) is 0 Å². The number of esters is 1. The van der Waals surface area contributed by atoms with Crippen LogP contribution in [0, 0.1) is 34.9 Å². The molecule has 1 amide bonds. The molecule has 3 rings (SSSR count). The third kappa shape index (κ3) is 12.3. The quantitative estimate of drug-likeness (QED) is 0.210. The monoisotopic (exact) mass is 636 g/mol. The molecular formula is C29H34F6N2O7. The van der Waals surface area contributed by atoms with Gasteiger partial charge in [0.25, 0.3) is 5.79 Å². The third-order valence-electron chi connectivity index (χ3n) is 5.79. The van der Waals surface area contributed by atoms with E-state index in [-0.39, 0.29) is 24.7 Å². The minimum absolute atomic E-state index is 0.216. The predicted molar refractivity (Wildman–Crippen MR) is 144 cm³/mol. The second-order valence-corrected chi connectivity index (χ2v) is 9.01. The summed E-state index contributed by atoms with van der Waals surface area (Å²) in [6.07, 6.45) is 2.15. The van der Waals surface area contributed by atoms with E-state index in [1.165, 1.54) is 13.2 Å². The van der Waals surface area contributed by atoms with Crippen LogP contribution in [0.4, 0.5) is 26.3 Å². The topological polar surface area (TPSA) is 126 Å². The van der Waals surface area contributed by atoms with Gasteiger partial charge in [0.1, 0.15) is 53.9 Å². The number of carbonyl (C=O) groups is 3. The average molecular weight is 637 g/mol. The predicted octanol–water partition coefficient (Wildman–Crippen LogP) is 4.49. The van der Waals surface area contributed by atoms with E-state index < -0.39 is 70.9 Å². The molecule has 1 aliphatic rings. The van der Waals surface area contributed by atoms with Gasteiger partial charge >= 0.3 is 5.97 Å². The molecule has 0 spiro atoms. The lowest BCUT2D eigenvalue weighted by molar-refractivity contribution is -0.226. The summed E-state index contributed by atoms with van der Waals surface area (Å²) in [7, 11) is 2.86. The van der Waals surface area contributed by atoms with Gasteiger partial charge in [0.05, 0.1) is 12.5 Å². The molecule has 0 aliphatic carbocycles. The Hall–Kier alpha value is -3.95. The average Bonchev–Trinajstić information content (AvgIpc) is 2.93. The smallest absolute Gasteiger partial charge is 0.337 e. The van der Waals surface area contributed by atoms with Gasteiger partial charge in [0.15, 0.2) is 5.78 Å². The van der Waals surface area contributed by atoms with Crippen molar-refractivity contribution >= 4 is 17.7 Å². The molecule has 1 heterocycles. The molecule has 0 radical (unpaired) electrons. The Morgan fingerprint density at radius 1 is 0.841 bits per heavy atom. The van der Waals surface area contributed by atoms with Crippen molar-refractivity contribution < 1.29 is 59.7 Å². The minimum atomic E-state index is -1.10. The SMILES string of the molecule is CCC1(CC)OC(=O)C=C(COC)O1.COCC(=O)CC(=O)NCc1c(F)cc(F)cc1F.NCc1c(F)cc(F)cc1F. The van der Waals surface area contributed by atoms with Crippen LogP contribution < -0.4 is 11.1 Å². The summed E-state index contributed by atoms with van der Waals surface area (Å²) in [5, 5.41) is 2.17. The van der Waals surface area contributed by atoms with Crippen molar-refractivity contribution in [3.8, 4) is 0 Å². The molecule has 0 aromatic heterocycles. The number of ketones is 1. The van der Waals surface area contributed by atoms with Crippen LogP contribution in [0.15, 0.2) is 36.1 Å². The Kier molecular flexibility index (Phi) is 16.1. The van der Waals surface area contributed by atoms with E-state index in [4.69, 9.17) is 19.9 Å². The highest BCUT2D eigenvalue weighted by molar-refractivity contribution is 5.98. The summed E-state index contributed by atoms with van der Waals surface area (Å²) in [4.78, 5) is 33.6. The Bertz CT molecular complexity index is 1270.